The van der Waals surface area contributed by atoms with Crippen LogP contribution in [0.5, 0.6) is 0 Å². The van der Waals surface area contributed by atoms with Crippen LogP contribution in [0.3, 0.4) is 0 Å². The molecule has 0 radical (unpaired) electrons. The van der Waals surface area contributed by atoms with E-state index in [0.717, 1.165) is 16.1 Å². The van der Waals surface area contributed by atoms with Crippen LogP contribution in [0.2, 0.25) is 0 Å². The van der Waals surface area contributed by atoms with E-state index in [4.69, 9.17) is 4.74 Å². The zero-order valence-electron chi connectivity index (χ0n) is 15.5. The molecule has 3 aromatic rings. The average molecular weight is 382 g/mol. The molecular formula is C21H22N2O3S. The summed E-state index contributed by atoms with van der Waals surface area (Å²) in [5.74, 6) is -0.294. The van der Waals surface area contributed by atoms with E-state index in [-0.39, 0.29) is 18.4 Å². The third-order valence-electron chi connectivity index (χ3n) is 4.34. The molecule has 5 nitrogen and oxygen atoms in total. The van der Waals surface area contributed by atoms with E-state index in [9.17, 15) is 9.59 Å². The third-order valence-corrected chi connectivity index (χ3v) is 5.25. The molecule has 0 aliphatic carbocycles. The Labute approximate surface area is 162 Å². The van der Waals surface area contributed by atoms with Gasteiger partial charge in [-0.2, -0.15) is 5.10 Å². The molecule has 0 spiro atoms. The predicted octanol–water partition coefficient (Wildman–Crippen LogP) is 4.43. The number of carbonyl (C=O) groups is 2. The quantitative estimate of drug-likeness (QED) is 0.328. The second-order valence-corrected chi connectivity index (χ2v) is 7.28. The lowest BCUT2D eigenvalue weighted by Gasteiger charge is -2.06. The average Bonchev–Trinajstić information content (AvgIpc) is 3.28. The SMILES string of the molecule is Cc1nn(Cc2ccccc2)c(C)c1C(=O)OCCCC(=O)c1cccs1. The largest absolute Gasteiger partial charge is 0.462 e. The van der Waals surface area contributed by atoms with Gasteiger partial charge in [-0.3, -0.25) is 9.48 Å². The number of hydrogen-bond donors (Lipinski definition) is 0. The van der Waals surface area contributed by atoms with Crippen LogP contribution in [0.4, 0.5) is 0 Å². The van der Waals surface area contributed by atoms with Crippen molar-refractivity contribution in [2.75, 3.05) is 6.61 Å². The zero-order valence-corrected chi connectivity index (χ0v) is 16.3. The van der Waals surface area contributed by atoms with Gasteiger partial charge in [-0.25, -0.2) is 4.79 Å². The fourth-order valence-electron chi connectivity index (χ4n) is 2.93. The van der Waals surface area contributed by atoms with Crippen LogP contribution >= 0.6 is 11.3 Å². The molecule has 1 aromatic carbocycles. The molecule has 0 fully saturated rings. The Hall–Kier alpha value is -2.73. The molecule has 0 unspecified atom stereocenters. The first-order valence-electron chi connectivity index (χ1n) is 8.88. The van der Waals surface area contributed by atoms with Gasteiger partial charge in [0.1, 0.15) is 5.56 Å². The normalized spacial score (nSPS) is 10.7. The minimum atomic E-state index is -0.382. The van der Waals surface area contributed by atoms with Crippen molar-refractivity contribution in [1.29, 1.82) is 0 Å². The highest BCUT2D eigenvalue weighted by molar-refractivity contribution is 7.12. The molecule has 0 saturated carbocycles. The molecule has 3 rings (SSSR count). The van der Waals surface area contributed by atoms with E-state index in [1.807, 2.05) is 66.4 Å². The number of esters is 1. The van der Waals surface area contributed by atoms with Gasteiger partial charge >= 0.3 is 5.97 Å². The van der Waals surface area contributed by atoms with Crippen molar-refractivity contribution < 1.29 is 14.3 Å². The van der Waals surface area contributed by atoms with Crippen LogP contribution in [-0.2, 0) is 11.3 Å². The number of aromatic nitrogens is 2. The van der Waals surface area contributed by atoms with Crippen molar-refractivity contribution in [3.05, 3.63) is 75.2 Å². The monoisotopic (exact) mass is 382 g/mol. The Morgan fingerprint density at radius 2 is 1.89 bits per heavy atom. The summed E-state index contributed by atoms with van der Waals surface area (Å²) < 4.78 is 7.20. The summed E-state index contributed by atoms with van der Waals surface area (Å²) >= 11 is 1.43. The molecule has 0 aliphatic rings. The van der Waals surface area contributed by atoms with E-state index >= 15 is 0 Å². The Bertz CT molecular complexity index is 915. The molecule has 0 N–H and O–H groups in total. The summed E-state index contributed by atoms with van der Waals surface area (Å²) in [4.78, 5) is 25.2. The molecule has 0 amide bonds. The number of ether oxygens (including phenoxy) is 1. The van der Waals surface area contributed by atoms with Gasteiger partial charge in [0.15, 0.2) is 5.78 Å². The van der Waals surface area contributed by atoms with Gasteiger partial charge in [0.2, 0.25) is 0 Å². The Kier molecular flexibility index (Phi) is 6.19. The van der Waals surface area contributed by atoms with Crippen molar-refractivity contribution >= 4 is 23.1 Å². The molecule has 0 atom stereocenters. The number of benzene rings is 1. The summed E-state index contributed by atoms with van der Waals surface area (Å²) in [7, 11) is 0. The third kappa shape index (κ3) is 4.71. The van der Waals surface area contributed by atoms with Gasteiger partial charge in [-0.15, -0.1) is 11.3 Å². The van der Waals surface area contributed by atoms with Gasteiger partial charge in [0.05, 0.1) is 29.4 Å². The number of rotatable bonds is 8. The number of hydrogen-bond acceptors (Lipinski definition) is 5. The summed E-state index contributed by atoms with van der Waals surface area (Å²) in [6.45, 7) is 4.51. The first-order chi connectivity index (χ1) is 13.1. The Balaban J connectivity index is 1.56. The molecule has 6 heteroatoms. The number of nitrogens with zero attached hydrogens (tertiary/aromatic N) is 2. The minimum Gasteiger partial charge on any atom is -0.462 e. The van der Waals surface area contributed by atoms with Gasteiger partial charge in [-0.05, 0) is 37.3 Å². The van der Waals surface area contributed by atoms with E-state index in [0.29, 0.717) is 30.6 Å². The molecule has 27 heavy (non-hydrogen) atoms. The molecular weight excluding hydrogens is 360 g/mol. The fraction of sp³-hybridized carbons (Fsp3) is 0.286. The van der Waals surface area contributed by atoms with Gasteiger partial charge < -0.3 is 4.74 Å². The van der Waals surface area contributed by atoms with Crippen LogP contribution < -0.4 is 0 Å². The molecule has 0 saturated heterocycles. The molecule has 2 aromatic heterocycles. The lowest BCUT2D eigenvalue weighted by atomic mass is 10.2. The van der Waals surface area contributed by atoms with Gasteiger partial charge in [0, 0.05) is 6.42 Å². The summed E-state index contributed by atoms with van der Waals surface area (Å²) in [6.07, 6.45) is 0.887. The molecule has 2 heterocycles. The topological polar surface area (TPSA) is 61.2 Å². The molecule has 140 valence electrons. The number of Topliss-reactive ketones (excluding diaryl/α,β-unsaturated/α-hetero) is 1. The minimum absolute atomic E-state index is 0.0871. The highest BCUT2D eigenvalue weighted by Gasteiger charge is 2.20. The smallest absolute Gasteiger partial charge is 0.341 e. The summed E-state index contributed by atoms with van der Waals surface area (Å²) in [5, 5.41) is 6.36. The van der Waals surface area contributed by atoms with E-state index in [1.165, 1.54) is 11.3 Å². The second kappa shape index (κ2) is 8.77. The van der Waals surface area contributed by atoms with Crippen LogP contribution in [-0.4, -0.2) is 28.1 Å². The van der Waals surface area contributed by atoms with Crippen LogP contribution in [0, 0.1) is 13.8 Å². The highest BCUT2D eigenvalue weighted by Crippen LogP contribution is 2.17. The zero-order chi connectivity index (χ0) is 19.2. The Morgan fingerprint density at radius 3 is 2.59 bits per heavy atom. The van der Waals surface area contributed by atoms with Gasteiger partial charge in [0.25, 0.3) is 0 Å². The fourth-order valence-corrected chi connectivity index (χ4v) is 3.63. The van der Waals surface area contributed by atoms with E-state index in [1.54, 1.807) is 0 Å². The van der Waals surface area contributed by atoms with Gasteiger partial charge in [-0.1, -0.05) is 36.4 Å². The summed E-state index contributed by atoms with van der Waals surface area (Å²) in [5.41, 5.74) is 3.07. The van der Waals surface area contributed by atoms with Crippen molar-refractivity contribution in [2.45, 2.75) is 33.2 Å². The van der Waals surface area contributed by atoms with Crippen molar-refractivity contribution in [3.8, 4) is 0 Å². The highest BCUT2D eigenvalue weighted by atomic mass is 32.1. The lowest BCUT2D eigenvalue weighted by Crippen LogP contribution is -2.10. The lowest BCUT2D eigenvalue weighted by molar-refractivity contribution is 0.0492. The second-order valence-electron chi connectivity index (χ2n) is 6.33. The van der Waals surface area contributed by atoms with Crippen molar-refractivity contribution in [2.24, 2.45) is 0 Å². The Morgan fingerprint density at radius 1 is 1.11 bits per heavy atom. The van der Waals surface area contributed by atoms with Crippen LogP contribution in [0.1, 0.15) is 49.8 Å². The van der Waals surface area contributed by atoms with E-state index < -0.39 is 0 Å². The first kappa shape index (κ1) is 19.0. The summed E-state index contributed by atoms with van der Waals surface area (Å²) in [6, 6.07) is 13.7. The predicted molar refractivity (Wildman–Crippen MR) is 105 cm³/mol. The molecule has 0 aliphatic heterocycles. The maximum absolute atomic E-state index is 12.5. The number of aryl methyl sites for hydroxylation is 1. The number of thiophene rings is 1. The van der Waals surface area contributed by atoms with Crippen LogP contribution in [0.25, 0.3) is 0 Å². The number of ketones is 1. The van der Waals surface area contributed by atoms with Crippen LogP contribution in [0.15, 0.2) is 47.8 Å². The maximum atomic E-state index is 12.5. The molecule has 0 bridgehead atoms. The number of carbonyl (C=O) groups excluding carboxylic acids is 2. The standard InChI is InChI=1S/C21H22N2O3S/c1-15-20(16(2)23(22-15)14-17-8-4-3-5-9-17)21(25)26-12-6-10-18(24)19-11-7-13-27-19/h3-5,7-9,11,13H,6,10,12,14H2,1-2H3. The van der Waals surface area contributed by atoms with Crippen molar-refractivity contribution in [1.82, 2.24) is 9.78 Å². The van der Waals surface area contributed by atoms with Crippen molar-refractivity contribution in [3.63, 3.8) is 0 Å². The maximum Gasteiger partial charge on any atom is 0.341 e. The van der Waals surface area contributed by atoms with E-state index in [2.05, 4.69) is 5.10 Å². The first-order valence-corrected chi connectivity index (χ1v) is 9.76.